The van der Waals surface area contributed by atoms with Crippen molar-refractivity contribution < 1.29 is 9.90 Å². The summed E-state index contributed by atoms with van der Waals surface area (Å²) in [7, 11) is 0. The number of amides is 1. The number of hydrogen-bond acceptors (Lipinski definition) is 3. The molecule has 1 fully saturated rings. The number of rotatable bonds is 5. The number of aliphatic hydroxyl groups is 1. The Bertz CT molecular complexity index is 177. The molecule has 2 N–H and O–H groups in total. The van der Waals surface area contributed by atoms with Gasteiger partial charge >= 0.3 is 0 Å². The number of aliphatic hydroxyl groups excluding tert-OH is 1. The molecule has 1 heterocycles. The number of nitrogens with zero attached hydrogens (tertiary/aromatic N) is 1. The third kappa shape index (κ3) is 4.58. The Morgan fingerprint density at radius 3 is 2.71 bits per heavy atom. The Kier molecular flexibility index (Phi) is 4.90. The molecule has 0 aliphatic carbocycles. The highest BCUT2D eigenvalue weighted by Crippen LogP contribution is 2.06. The van der Waals surface area contributed by atoms with E-state index in [4.69, 9.17) is 5.11 Å². The first-order valence-corrected chi connectivity index (χ1v) is 5.35. The van der Waals surface area contributed by atoms with E-state index in [1.807, 2.05) is 0 Å². The van der Waals surface area contributed by atoms with Gasteiger partial charge < -0.3 is 15.3 Å². The van der Waals surface area contributed by atoms with Crippen LogP contribution in [0.15, 0.2) is 0 Å². The van der Waals surface area contributed by atoms with Crippen molar-refractivity contribution in [3.05, 3.63) is 0 Å². The van der Waals surface area contributed by atoms with Crippen LogP contribution in [-0.4, -0.2) is 48.2 Å². The van der Waals surface area contributed by atoms with Gasteiger partial charge in [0.15, 0.2) is 0 Å². The Hall–Kier alpha value is -0.610. The average Bonchev–Trinajstić information content (AvgIpc) is 2.63. The molecule has 0 saturated carbocycles. The van der Waals surface area contributed by atoms with Crippen LogP contribution in [0.5, 0.6) is 0 Å². The van der Waals surface area contributed by atoms with Gasteiger partial charge in [0.25, 0.3) is 0 Å². The highest BCUT2D eigenvalue weighted by Gasteiger charge is 2.12. The lowest BCUT2D eigenvalue weighted by molar-refractivity contribution is -0.121. The van der Waals surface area contributed by atoms with Crippen LogP contribution in [-0.2, 0) is 4.79 Å². The van der Waals surface area contributed by atoms with E-state index >= 15 is 0 Å². The summed E-state index contributed by atoms with van der Waals surface area (Å²) in [5.74, 6) is 0.0396. The largest absolute Gasteiger partial charge is 0.392 e. The van der Waals surface area contributed by atoms with E-state index in [9.17, 15) is 4.79 Å². The summed E-state index contributed by atoms with van der Waals surface area (Å²) < 4.78 is 0. The van der Waals surface area contributed by atoms with E-state index in [1.165, 1.54) is 12.8 Å². The second-order valence-corrected chi connectivity index (χ2v) is 3.95. The van der Waals surface area contributed by atoms with Gasteiger partial charge in [-0.3, -0.25) is 4.79 Å². The van der Waals surface area contributed by atoms with Gasteiger partial charge in [-0.1, -0.05) is 0 Å². The Morgan fingerprint density at radius 1 is 1.50 bits per heavy atom. The van der Waals surface area contributed by atoms with Gasteiger partial charge in [-0.15, -0.1) is 0 Å². The number of carbonyl (C=O) groups is 1. The number of hydrogen-bond donors (Lipinski definition) is 2. The first-order chi connectivity index (χ1) is 6.68. The number of nitrogens with one attached hydrogen (secondary N) is 1. The maximum Gasteiger partial charge on any atom is 0.221 e. The van der Waals surface area contributed by atoms with E-state index in [-0.39, 0.29) is 5.91 Å². The standard InChI is InChI=1S/C10H20N2O2/c1-9(13)8-11-10(14)4-7-12-5-2-3-6-12/h9,13H,2-8H2,1H3,(H,11,14). The van der Waals surface area contributed by atoms with Crippen molar-refractivity contribution in [2.75, 3.05) is 26.2 Å². The van der Waals surface area contributed by atoms with Gasteiger partial charge in [0, 0.05) is 19.5 Å². The molecule has 0 bridgehead atoms. The van der Waals surface area contributed by atoms with E-state index < -0.39 is 6.10 Å². The minimum Gasteiger partial charge on any atom is -0.392 e. The second-order valence-electron chi connectivity index (χ2n) is 3.95. The zero-order chi connectivity index (χ0) is 10.4. The molecule has 0 aromatic heterocycles. The van der Waals surface area contributed by atoms with Crippen molar-refractivity contribution >= 4 is 5.91 Å². The first-order valence-electron chi connectivity index (χ1n) is 5.35. The number of carbonyl (C=O) groups excluding carboxylic acids is 1. The van der Waals surface area contributed by atoms with Gasteiger partial charge in [0.05, 0.1) is 6.10 Å². The van der Waals surface area contributed by atoms with Gasteiger partial charge in [-0.05, 0) is 32.9 Å². The summed E-state index contributed by atoms with van der Waals surface area (Å²) in [6.07, 6.45) is 2.61. The summed E-state index contributed by atoms with van der Waals surface area (Å²) in [6, 6.07) is 0. The zero-order valence-corrected chi connectivity index (χ0v) is 8.83. The van der Waals surface area contributed by atoms with E-state index in [2.05, 4.69) is 10.2 Å². The van der Waals surface area contributed by atoms with Crippen LogP contribution < -0.4 is 5.32 Å². The molecule has 1 saturated heterocycles. The third-order valence-corrected chi connectivity index (χ3v) is 2.45. The van der Waals surface area contributed by atoms with Crippen molar-refractivity contribution in [2.24, 2.45) is 0 Å². The van der Waals surface area contributed by atoms with Crippen molar-refractivity contribution in [2.45, 2.75) is 32.3 Å². The first kappa shape index (κ1) is 11.5. The monoisotopic (exact) mass is 200 g/mol. The minimum atomic E-state index is -0.453. The fraction of sp³-hybridized carbons (Fsp3) is 0.900. The lowest BCUT2D eigenvalue weighted by atomic mass is 10.3. The molecule has 4 nitrogen and oxygen atoms in total. The van der Waals surface area contributed by atoms with Crippen LogP contribution in [0.4, 0.5) is 0 Å². The maximum absolute atomic E-state index is 11.3. The predicted molar refractivity (Wildman–Crippen MR) is 55.0 cm³/mol. The van der Waals surface area contributed by atoms with Gasteiger partial charge in [-0.25, -0.2) is 0 Å². The lowest BCUT2D eigenvalue weighted by Gasteiger charge is -2.14. The quantitative estimate of drug-likeness (QED) is 0.655. The molecule has 4 heteroatoms. The molecule has 1 aliphatic heterocycles. The molecule has 1 aliphatic rings. The fourth-order valence-corrected chi connectivity index (χ4v) is 1.62. The van der Waals surface area contributed by atoms with E-state index in [0.29, 0.717) is 13.0 Å². The zero-order valence-electron chi connectivity index (χ0n) is 8.83. The van der Waals surface area contributed by atoms with Gasteiger partial charge in [0.2, 0.25) is 5.91 Å². The summed E-state index contributed by atoms with van der Waals surface area (Å²) >= 11 is 0. The highest BCUT2D eigenvalue weighted by molar-refractivity contribution is 5.76. The van der Waals surface area contributed by atoms with Gasteiger partial charge in [-0.2, -0.15) is 0 Å². The van der Waals surface area contributed by atoms with Crippen LogP contribution in [0.2, 0.25) is 0 Å². The SMILES string of the molecule is CC(O)CNC(=O)CCN1CCCC1. The van der Waals surface area contributed by atoms with Crippen molar-refractivity contribution in [3.8, 4) is 0 Å². The van der Waals surface area contributed by atoms with Crippen LogP contribution in [0.1, 0.15) is 26.2 Å². The third-order valence-electron chi connectivity index (χ3n) is 2.45. The molecular weight excluding hydrogens is 180 g/mol. The average molecular weight is 200 g/mol. The lowest BCUT2D eigenvalue weighted by Crippen LogP contribution is -2.33. The van der Waals surface area contributed by atoms with Crippen LogP contribution >= 0.6 is 0 Å². The molecule has 1 unspecified atom stereocenters. The normalized spacial score (nSPS) is 19.6. The Morgan fingerprint density at radius 2 is 2.14 bits per heavy atom. The van der Waals surface area contributed by atoms with Gasteiger partial charge in [0.1, 0.15) is 0 Å². The fourth-order valence-electron chi connectivity index (χ4n) is 1.62. The highest BCUT2D eigenvalue weighted by atomic mass is 16.3. The molecule has 82 valence electrons. The molecular formula is C10H20N2O2. The molecule has 1 amide bonds. The summed E-state index contributed by atoms with van der Waals surface area (Å²) in [5, 5.41) is 11.6. The summed E-state index contributed by atoms with van der Waals surface area (Å²) in [4.78, 5) is 13.6. The Balaban J connectivity index is 2.02. The molecule has 0 spiro atoms. The molecule has 0 aromatic rings. The minimum absolute atomic E-state index is 0.0396. The molecule has 1 atom stereocenters. The summed E-state index contributed by atoms with van der Waals surface area (Å²) in [6.45, 7) is 5.14. The van der Waals surface area contributed by atoms with Crippen molar-refractivity contribution in [3.63, 3.8) is 0 Å². The molecule has 14 heavy (non-hydrogen) atoms. The second kappa shape index (κ2) is 5.98. The van der Waals surface area contributed by atoms with Crippen molar-refractivity contribution in [1.82, 2.24) is 10.2 Å². The van der Waals surface area contributed by atoms with Crippen LogP contribution in [0.25, 0.3) is 0 Å². The Labute approximate surface area is 85.3 Å². The molecule has 1 rings (SSSR count). The number of likely N-dealkylation sites (tertiary alicyclic amines) is 1. The molecule has 0 radical (unpaired) electrons. The van der Waals surface area contributed by atoms with E-state index in [0.717, 1.165) is 19.6 Å². The molecule has 0 aromatic carbocycles. The maximum atomic E-state index is 11.3. The van der Waals surface area contributed by atoms with Crippen LogP contribution in [0, 0.1) is 0 Å². The van der Waals surface area contributed by atoms with Crippen molar-refractivity contribution in [1.29, 1.82) is 0 Å². The summed E-state index contributed by atoms with van der Waals surface area (Å²) in [5.41, 5.74) is 0. The predicted octanol–water partition coefficient (Wildman–Crippen LogP) is -0.0307. The van der Waals surface area contributed by atoms with E-state index in [1.54, 1.807) is 6.92 Å². The van der Waals surface area contributed by atoms with Crippen LogP contribution in [0.3, 0.4) is 0 Å². The smallest absolute Gasteiger partial charge is 0.221 e. The topological polar surface area (TPSA) is 52.6 Å².